The van der Waals surface area contributed by atoms with Crippen molar-refractivity contribution < 1.29 is 9.59 Å². The quantitative estimate of drug-likeness (QED) is 0.112. The van der Waals surface area contributed by atoms with E-state index in [1.807, 2.05) is 59.9 Å². The third-order valence-corrected chi connectivity index (χ3v) is 5.58. The first-order valence-electron chi connectivity index (χ1n) is 15.2. The molecule has 238 valence electrons. The molecule has 3 rings (SSSR count). The molecular weight excluding hydrogens is 536 g/mol. The molecule has 8 nitrogen and oxygen atoms in total. The van der Waals surface area contributed by atoms with E-state index in [1.165, 1.54) is 6.42 Å². The van der Waals surface area contributed by atoms with Crippen LogP contribution in [0.3, 0.4) is 0 Å². The maximum absolute atomic E-state index is 11.8. The monoisotopic (exact) mass is 592 g/mol. The molecule has 0 bridgehead atoms. The molecule has 0 fully saturated rings. The van der Waals surface area contributed by atoms with Gasteiger partial charge in [-0.3, -0.25) is 19.9 Å². The molecule has 2 aromatic heterocycles. The molecule has 0 aliphatic rings. The number of nitrogens with zero attached hydrogens (tertiary/aromatic N) is 2. The minimum absolute atomic E-state index is 0.0460. The molecular formula is C35H56N6O2. The molecule has 0 radical (unpaired) electrons. The number of anilines is 2. The highest BCUT2D eigenvalue weighted by Crippen LogP contribution is 2.17. The first kappa shape index (κ1) is 40.9. The highest BCUT2D eigenvalue weighted by Gasteiger charge is 2.11. The van der Waals surface area contributed by atoms with Gasteiger partial charge in [-0.1, -0.05) is 71.4 Å². The van der Waals surface area contributed by atoms with Crippen LogP contribution in [-0.2, 0) is 6.42 Å². The minimum Gasteiger partial charge on any atom is -0.398 e. The smallest absolute Gasteiger partial charge is 0.260 e. The van der Waals surface area contributed by atoms with Crippen LogP contribution in [0.4, 0.5) is 11.6 Å². The van der Waals surface area contributed by atoms with Gasteiger partial charge < -0.3 is 16.0 Å². The Kier molecular flexibility index (Phi) is 25.4. The number of aryl methyl sites for hydroxylation is 2. The van der Waals surface area contributed by atoms with Crippen molar-refractivity contribution in [2.75, 3.05) is 17.6 Å². The number of aromatic amines is 1. The predicted molar refractivity (Wildman–Crippen MR) is 184 cm³/mol. The topological polar surface area (TPSA) is 126 Å². The van der Waals surface area contributed by atoms with E-state index in [0.29, 0.717) is 29.3 Å². The molecule has 2 amide bonds. The summed E-state index contributed by atoms with van der Waals surface area (Å²) < 4.78 is 0. The maximum Gasteiger partial charge on any atom is 0.260 e. The van der Waals surface area contributed by atoms with E-state index in [9.17, 15) is 9.59 Å². The molecule has 0 unspecified atom stereocenters. The van der Waals surface area contributed by atoms with E-state index in [1.54, 1.807) is 36.8 Å². The van der Waals surface area contributed by atoms with E-state index in [4.69, 9.17) is 5.73 Å². The van der Waals surface area contributed by atoms with E-state index < -0.39 is 0 Å². The Morgan fingerprint density at radius 1 is 1.12 bits per heavy atom. The summed E-state index contributed by atoms with van der Waals surface area (Å²) in [6, 6.07) is 7.26. The molecule has 1 aromatic carbocycles. The van der Waals surface area contributed by atoms with E-state index in [2.05, 4.69) is 65.1 Å². The van der Waals surface area contributed by atoms with Crippen molar-refractivity contribution in [3.05, 3.63) is 96.1 Å². The van der Waals surface area contributed by atoms with Gasteiger partial charge in [0.25, 0.3) is 11.8 Å². The largest absolute Gasteiger partial charge is 0.398 e. The normalized spacial score (nSPS) is 9.53. The van der Waals surface area contributed by atoms with Crippen LogP contribution in [0.5, 0.6) is 0 Å². The third kappa shape index (κ3) is 19.5. The lowest BCUT2D eigenvalue weighted by atomic mass is 10.1. The van der Waals surface area contributed by atoms with E-state index in [-0.39, 0.29) is 11.8 Å². The van der Waals surface area contributed by atoms with Crippen molar-refractivity contribution in [3.63, 3.8) is 0 Å². The van der Waals surface area contributed by atoms with Crippen molar-refractivity contribution in [3.8, 4) is 0 Å². The Morgan fingerprint density at radius 3 is 2.30 bits per heavy atom. The minimum atomic E-state index is -0.267. The summed E-state index contributed by atoms with van der Waals surface area (Å²) in [5.74, 6) is 0.979. The van der Waals surface area contributed by atoms with Gasteiger partial charge in [-0.2, -0.15) is 0 Å². The number of unbranched alkanes of at least 4 members (excludes halogenated alkanes) is 1. The number of hydrogen-bond acceptors (Lipinski definition) is 5. The summed E-state index contributed by atoms with van der Waals surface area (Å²) in [6.07, 6.45) is 17.0. The van der Waals surface area contributed by atoms with Crippen molar-refractivity contribution >= 4 is 23.5 Å². The summed E-state index contributed by atoms with van der Waals surface area (Å²) in [5.41, 5.74) is 9.42. The van der Waals surface area contributed by atoms with Crippen LogP contribution < -0.4 is 16.4 Å². The fourth-order valence-corrected chi connectivity index (χ4v) is 2.99. The summed E-state index contributed by atoms with van der Waals surface area (Å²) in [7, 11) is 0. The fraction of sp³-hybridized carbons (Fsp3) is 0.429. The molecule has 0 atom stereocenters. The Morgan fingerprint density at radius 2 is 1.77 bits per heavy atom. The van der Waals surface area contributed by atoms with Crippen LogP contribution in [0.25, 0.3) is 0 Å². The average Bonchev–Trinajstić information content (AvgIpc) is 3.52. The predicted octanol–water partition coefficient (Wildman–Crippen LogP) is 8.55. The van der Waals surface area contributed by atoms with Crippen molar-refractivity contribution in [1.29, 1.82) is 0 Å². The SMILES string of the molecule is C/C=C/CCCc1cncc(C(=O)NCC)c1.C=CC.CC.CCC(C)C.Cc1cccc(C(=O)Nc2ncc[nH]2)c1N. The van der Waals surface area contributed by atoms with E-state index in [0.717, 1.165) is 36.3 Å². The molecule has 0 saturated heterocycles. The lowest BCUT2D eigenvalue weighted by Gasteiger charge is -2.07. The number of pyridine rings is 1. The number of nitrogen functional groups attached to an aromatic ring is 1. The second-order valence-corrected chi connectivity index (χ2v) is 9.54. The summed E-state index contributed by atoms with van der Waals surface area (Å²) in [5, 5.41) is 5.40. The number of benzene rings is 1. The molecule has 0 aliphatic carbocycles. The van der Waals surface area contributed by atoms with Gasteiger partial charge in [0.1, 0.15) is 0 Å². The number of para-hydroxylation sites is 1. The first-order chi connectivity index (χ1) is 20.6. The highest BCUT2D eigenvalue weighted by molar-refractivity contribution is 6.07. The van der Waals surface area contributed by atoms with Crippen LogP contribution in [0.1, 0.15) is 106 Å². The zero-order chi connectivity index (χ0) is 33.0. The number of nitrogens with one attached hydrogen (secondary N) is 3. The average molecular weight is 593 g/mol. The van der Waals surface area contributed by atoms with Gasteiger partial charge in [0.2, 0.25) is 5.95 Å². The Balaban J connectivity index is 0. The Bertz CT molecular complexity index is 1170. The second-order valence-electron chi connectivity index (χ2n) is 9.54. The van der Waals surface area contributed by atoms with Gasteiger partial charge in [0.15, 0.2) is 0 Å². The fourth-order valence-electron chi connectivity index (χ4n) is 2.99. The third-order valence-electron chi connectivity index (χ3n) is 5.58. The zero-order valence-corrected chi connectivity index (χ0v) is 28.0. The summed E-state index contributed by atoms with van der Waals surface area (Å²) >= 11 is 0. The number of carbonyl (C=O) groups excluding carboxylic acids is 2. The highest BCUT2D eigenvalue weighted by atomic mass is 16.2. The number of imidazole rings is 1. The van der Waals surface area contributed by atoms with Crippen LogP contribution in [0.15, 0.2) is 73.9 Å². The first-order valence-corrected chi connectivity index (χ1v) is 15.2. The molecule has 3 aromatic rings. The molecule has 2 heterocycles. The van der Waals surface area contributed by atoms with Gasteiger partial charge in [-0.05, 0) is 76.1 Å². The summed E-state index contributed by atoms with van der Waals surface area (Å²) in [4.78, 5) is 34.2. The van der Waals surface area contributed by atoms with Crippen molar-refractivity contribution in [2.24, 2.45) is 5.92 Å². The maximum atomic E-state index is 11.8. The molecule has 8 heteroatoms. The lowest BCUT2D eigenvalue weighted by Crippen LogP contribution is -2.22. The number of carbonyl (C=O) groups is 2. The van der Waals surface area contributed by atoms with Gasteiger partial charge in [-0.25, -0.2) is 4.98 Å². The lowest BCUT2D eigenvalue weighted by molar-refractivity contribution is 0.0954. The molecule has 0 spiro atoms. The van der Waals surface area contributed by atoms with Crippen molar-refractivity contribution in [2.45, 2.75) is 88.0 Å². The number of amides is 2. The van der Waals surface area contributed by atoms with Crippen LogP contribution >= 0.6 is 0 Å². The number of H-pyrrole nitrogens is 1. The van der Waals surface area contributed by atoms with Crippen LogP contribution in [-0.4, -0.2) is 33.3 Å². The Hall–Kier alpha value is -4.20. The van der Waals surface area contributed by atoms with Gasteiger partial charge >= 0.3 is 0 Å². The number of aromatic nitrogens is 3. The van der Waals surface area contributed by atoms with Gasteiger partial charge in [0, 0.05) is 37.0 Å². The molecule has 5 N–H and O–H groups in total. The van der Waals surface area contributed by atoms with Gasteiger partial charge in [-0.15, -0.1) is 6.58 Å². The zero-order valence-electron chi connectivity index (χ0n) is 28.0. The summed E-state index contributed by atoms with van der Waals surface area (Å²) in [6.45, 7) is 22.3. The standard InChI is InChI=1S/C14H20N2O.C11H12N4O.C5H12.C3H6.C2H6/c1-3-5-6-7-8-12-9-13(11-15-10-12)14(17)16-4-2;1-7-3-2-4-8(9(7)12)10(16)15-11-13-5-6-14-11;1-4-5(2)3;1-3-2;1-2/h3,5,9-11H,4,6-8H2,1-2H3,(H,16,17);2-6H,12H2,1H3,(H2,13,14,15,16);5H,4H2,1-3H3;3H,1H2,2H3;1-2H3/b5-3+;;;;. The number of allylic oxidation sites excluding steroid dienone is 3. The number of hydrogen-bond donors (Lipinski definition) is 4. The van der Waals surface area contributed by atoms with Gasteiger partial charge in [0.05, 0.1) is 11.1 Å². The molecule has 43 heavy (non-hydrogen) atoms. The number of nitrogens with two attached hydrogens (primary N) is 1. The van der Waals surface area contributed by atoms with Crippen LogP contribution in [0, 0.1) is 12.8 Å². The second kappa shape index (κ2) is 26.7. The molecule has 0 saturated carbocycles. The van der Waals surface area contributed by atoms with E-state index >= 15 is 0 Å². The van der Waals surface area contributed by atoms with Crippen molar-refractivity contribution in [1.82, 2.24) is 20.3 Å². The number of rotatable bonds is 9. The molecule has 0 aliphatic heterocycles. The van der Waals surface area contributed by atoms with Crippen LogP contribution in [0.2, 0.25) is 0 Å². The Labute approximate surface area is 260 Å².